The van der Waals surface area contributed by atoms with Crippen LogP contribution in [0.4, 0.5) is 0 Å². The van der Waals surface area contributed by atoms with E-state index < -0.39 is 8.80 Å². The van der Waals surface area contributed by atoms with Gasteiger partial charge in [0, 0.05) is 27.4 Å². The Morgan fingerprint density at radius 1 is 0.647 bits per heavy atom. The zero-order chi connectivity index (χ0) is 13.0. The third-order valence-corrected chi connectivity index (χ3v) is 6.10. The lowest BCUT2D eigenvalue weighted by Gasteiger charge is -2.24. The van der Waals surface area contributed by atoms with Gasteiger partial charge in [-0.1, -0.05) is 51.9 Å². The summed E-state index contributed by atoms with van der Waals surface area (Å²) in [6, 6.07) is 0.936. The van der Waals surface area contributed by atoms with Crippen molar-refractivity contribution in [2.45, 2.75) is 64.3 Å². The number of hydrogen-bond donors (Lipinski definition) is 0. The summed E-state index contributed by atoms with van der Waals surface area (Å²) in [6.45, 7) is 2.25. The molecule has 0 spiro atoms. The first-order chi connectivity index (χ1) is 8.24. The van der Waals surface area contributed by atoms with Crippen LogP contribution in [0.15, 0.2) is 0 Å². The van der Waals surface area contributed by atoms with E-state index in [0.717, 1.165) is 12.5 Å². The smallest absolute Gasteiger partial charge is 0.377 e. The first-order valence-corrected chi connectivity index (χ1v) is 8.83. The third-order valence-electron chi connectivity index (χ3n) is 3.27. The summed E-state index contributed by atoms with van der Waals surface area (Å²) in [4.78, 5) is 0. The minimum Gasteiger partial charge on any atom is -0.377 e. The molecule has 0 saturated heterocycles. The maximum absolute atomic E-state index is 5.39. The maximum Gasteiger partial charge on any atom is 0.500 e. The first-order valence-electron chi connectivity index (χ1n) is 6.90. The fraction of sp³-hybridized carbons (Fsp3) is 1.00. The highest BCUT2D eigenvalue weighted by Gasteiger charge is 2.36. The highest BCUT2D eigenvalue weighted by molar-refractivity contribution is 6.60. The lowest BCUT2D eigenvalue weighted by atomic mass is 10.1. The summed E-state index contributed by atoms with van der Waals surface area (Å²) >= 11 is 0. The molecular weight excluding hydrogens is 232 g/mol. The van der Waals surface area contributed by atoms with E-state index in [9.17, 15) is 0 Å². The van der Waals surface area contributed by atoms with Crippen molar-refractivity contribution in [2.75, 3.05) is 21.3 Å². The Labute approximate surface area is 108 Å². The van der Waals surface area contributed by atoms with Crippen LogP contribution >= 0.6 is 0 Å². The molecule has 0 atom stereocenters. The second-order valence-electron chi connectivity index (χ2n) is 4.52. The van der Waals surface area contributed by atoms with Crippen LogP contribution in [0.2, 0.25) is 6.04 Å². The summed E-state index contributed by atoms with van der Waals surface area (Å²) in [5.41, 5.74) is 0. The van der Waals surface area contributed by atoms with Crippen molar-refractivity contribution in [2.24, 2.45) is 0 Å². The summed E-state index contributed by atoms with van der Waals surface area (Å²) in [5, 5.41) is 0. The van der Waals surface area contributed by atoms with Gasteiger partial charge < -0.3 is 13.3 Å². The van der Waals surface area contributed by atoms with E-state index in [1.807, 2.05) is 0 Å². The Hall–Kier alpha value is 0.0969. The Kier molecular flexibility index (Phi) is 11.3. The van der Waals surface area contributed by atoms with Crippen LogP contribution in [0, 0.1) is 0 Å². The monoisotopic (exact) mass is 262 g/mol. The van der Waals surface area contributed by atoms with E-state index in [-0.39, 0.29) is 0 Å². The molecule has 0 unspecified atom stereocenters. The summed E-state index contributed by atoms with van der Waals surface area (Å²) in [5.74, 6) is 0. The largest absolute Gasteiger partial charge is 0.500 e. The van der Waals surface area contributed by atoms with Crippen LogP contribution in [-0.4, -0.2) is 30.1 Å². The van der Waals surface area contributed by atoms with Crippen molar-refractivity contribution in [1.82, 2.24) is 0 Å². The average molecular weight is 262 g/mol. The van der Waals surface area contributed by atoms with Gasteiger partial charge in [-0.3, -0.25) is 0 Å². The predicted octanol–water partition coefficient (Wildman–Crippen LogP) is 4.01. The Morgan fingerprint density at radius 3 is 1.47 bits per heavy atom. The third kappa shape index (κ3) is 7.92. The van der Waals surface area contributed by atoms with Crippen LogP contribution < -0.4 is 0 Å². The zero-order valence-corrected chi connectivity index (χ0v) is 13.1. The molecule has 0 aromatic carbocycles. The molecule has 0 amide bonds. The van der Waals surface area contributed by atoms with E-state index in [2.05, 4.69) is 6.92 Å². The van der Waals surface area contributed by atoms with Gasteiger partial charge in [-0.25, -0.2) is 0 Å². The average Bonchev–Trinajstić information content (AvgIpc) is 2.38. The normalized spacial score (nSPS) is 12.0. The molecule has 4 heteroatoms. The molecule has 0 aliphatic carbocycles. The highest BCUT2D eigenvalue weighted by atomic mass is 28.4. The maximum atomic E-state index is 5.39. The van der Waals surface area contributed by atoms with E-state index in [4.69, 9.17) is 13.3 Å². The van der Waals surface area contributed by atoms with Gasteiger partial charge in [0.2, 0.25) is 0 Å². The van der Waals surface area contributed by atoms with Gasteiger partial charge >= 0.3 is 8.80 Å². The van der Waals surface area contributed by atoms with Gasteiger partial charge in [0.15, 0.2) is 0 Å². The second kappa shape index (κ2) is 11.2. The molecule has 0 aliphatic rings. The number of rotatable bonds is 12. The molecule has 0 aromatic heterocycles. The van der Waals surface area contributed by atoms with Gasteiger partial charge in [-0.15, -0.1) is 0 Å². The van der Waals surface area contributed by atoms with E-state index in [1.165, 1.54) is 44.9 Å². The summed E-state index contributed by atoms with van der Waals surface area (Å²) in [6.07, 6.45) is 10.6. The van der Waals surface area contributed by atoms with Crippen molar-refractivity contribution in [1.29, 1.82) is 0 Å². The van der Waals surface area contributed by atoms with Crippen molar-refractivity contribution in [3.63, 3.8) is 0 Å². The van der Waals surface area contributed by atoms with Gasteiger partial charge in [0.05, 0.1) is 0 Å². The van der Waals surface area contributed by atoms with Crippen LogP contribution in [-0.2, 0) is 13.3 Å². The molecule has 0 N–H and O–H groups in total. The van der Waals surface area contributed by atoms with Gasteiger partial charge in [-0.05, 0) is 6.42 Å². The minimum atomic E-state index is -2.30. The molecule has 0 aliphatic heterocycles. The molecule has 104 valence electrons. The molecule has 0 fully saturated rings. The van der Waals surface area contributed by atoms with E-state index in [1.54, 1.807) is 21.3 Å². The van der Waals surface area contributed by atoms with E-state index >= 15 is 0 Å². The molecule has 3 nitrogen and oxygen atoms in total. The van der Waals surface area contributed by atoms with Crippen LogP contribution in [0.25, 0.3) is 0 Å². The number of hydrogen-bond acceptors (Lipinski definition) is 3. The quantitative estimate of drug-likeness (QED) is 0.393. The highest BCUT2D eigenvalue weighted by Crippen LogP contribution is 2.18. The standard InChI is InChI=1S/C13H30O3Si/c1-5-6-7-8-9-10-11-12-13-17(14-2,15-3)16-4/h5-13H2,1-4H3. The predicted molar refractivity (Wildman–Crippen MR) is 74.2 cm³/mol. The molecule has 0 radical (unpaired) electrons. The molecular formula is C13H30O3Si. The lowest BCUT2D eigenvalue weighted by molar-refractivity contribution is 0.122. The lowest BCUT2D eigenvalue weighted by Crippen LogP contribution is -2.42. The van der Waals surface area contributed by atoms with Crippen LogP contribution in [0.1, 0.15) is 58.3 Å². The minimum absolute atomic E-state index is 0.936. The molecule has 0 aromatic rings. The zero-order valence-electron chi connectivity index (χ0n) is 12.1. The van der Waals surface area contributed by atoms with Gasteiger partial charge in [0.25, 0.3) is 0 Å². The number of unbranched alkanes of at least 4 members (excludes halogenated alkanes) is 7. The van der Waals surface area contributed by atoms with Gasteiger partial charge in [0.1, 0.15) is 0 Å². The summed E-state index contributed by atoms with van der Waals surface area (Å²) < 4.78 is 16.2. The van der Waals surface area contributed by atoms with Crippen LogP contribution in [0.5, 0.6) is 0 Å². The second-order valence-corrected chi connectivity index (χ2v) is 7.61. The Balaban J connectivity index is 3.43. The van der Waals surface area contributed by atoms with Crippen molar-refractivity contribution in [3.8, 4) is 0 Å². The van der Waals surface area contributed by atoms with Crippen LogP contribution in [0.3, 0.4) is 0 Å². The first kappa shape index (κ1) is 17.1. The Morgan fingerprint density at radius 2 is 1.06 bits per heavy atom. The fourth-order valence-corrected chi connectivity index (χ4v) is 3.83. The molecule has 0 rings (SSSR count). The van der Waals surface area contributed by atoms with Crippen molar-refractivity contribution in [3.05, 3.63) is 0 Å². The SMILES string of the molecule is CCCCCCCCCC[Si](OC)(OC)OC. The van der Waals surface area contributed by atoms with E-state index in [0.29, 0.717) is 0 Å². The van der Waals surface area contributed by atoms with Crippen molar-refractivity contribution >= 4 is 8.80 Å². The Bertz CT molecular complexity index is 152. The van der Waals surface area contributed by atoms with Gasteiger partial charge in [-0.2, -0.15) is 0 Å². The molecule has 0 saturated carbocycles. The molecule has 0 bridgehead atoms. The molecule has 0 heterocycles. The fourth-order valence-electron chi connectivity index (χ4n) is 2.03. The molecule has 17 heavy (non-hydrogen) atoms. The topological polar surface area (TPSA) is 27.7 Å². The summed E-state index contributed by atoms with van der Waals surface area (Å²) in [7, 11) is 2.75. The van der Waals surface area contributed by atoms with Crippen molar-refractivity contribution < 1.29 is 13.3 Å².